The van der Waals surface area contributed by atoms with Crippen molar-refractivity contribution >= 4 is 11.9 Å². The van der Waals surface area contributed by atoms with Crippen LogP contribution in [-0.2, 0) is 16.8 Å². The van der Waals surface area contributed by atoms with E-state index in [2.05, 4.69) is 26.3 Å². The van der Waals surface area contributed by atoms with Crippen LogP contribution >= 0.6 is 0 Å². The highest BCUT2D eigenvalue weighted by Gasteiger charge is 2.41. The van der Waals surface area contributed by atoms with Crippen LogP contribution in [0.3, 0.4) is 0 Å². The van der Waals surface area contributed by atoms with E-state index in [9.17, 15) is 15.2 Å². The second-order valence-corrected chi connectivity index (χ2v) is 9.01. The van der Waals surface area contributed by atoms with Crippen molar-refractivity contribution in [3.63, 3.8) is 0 Å². The van der Waals surface area contributed by atoms with E-state index in [0.29, 0.717) is 40.5 Å². The van der Waals surface area contributed by atoms with Gasteiger partial charge in [-0.25, -0.2) is 14.6 Å². The molecule has 1 aliphatic rings. The van der Waals surface area contributed by atoms with Crippen LogP contribution in [0.1, 0.15) is 42.6 Å². The molecular weight excluding hydrogens is 472 g/mol. The number of para-hydroxylation sites is 1. The topological polar surface area (TPSA) is 166 Å². The summed E-state index contributed by atoms with van der Waals surface area (Å²) in [6, 6.07) is 14.7. The van der Waals surface area contributed by atoms with Gasteiger partial charge in [-0.3, -0.25) is 9.78 Å². The van der Waals surface area contributed by atoms with Gasteiger partial charge in [-0.15, -0.1) is 5.10 Å². The maximum absolute atomic E-state index is 11.4. The number of rotatable bonds is 8. The molecule has 1 fully saturated rings. The van der Waals surface area contributed by atoms with Gasteiger partial charge in [0.2, 0.25) is 5.95 Å². The summed E-state index contributed by atoms with van der Waals surface area (Å²) in [6.45, 7) is 0.357. The average Bonchev–Trinajstić information content (AvgIpc) is 3.33. The van der Waals surface area contributed by atoms with Crippen molar-refractivity contribution in [2.75, 3.05) is 12.8 Å². The highest BCUT2D eigenvalue weighted by atomic mass is 16.5. The second kappa shape index (κ2) is 9.66. The average molecular weight is 497 g/mol. The number of ether oxygens (including phenoxy) is 1. The molecule has 3 aromatic heterocycles. The van der Waals surface area contributed by atoms with Gasteiger partial charge in [0, 0.05) is 16.7 Å². The number of nitrogens with two attached hydrogens (primary N) is 1. The van der Waals surface area contributed by atoms with Crippen LogP contribution in [0.25, 0.3) is 22.6 Å². The van der Waals surface area contributed by atoms with Crippen molar-refractivity contribution in [2.45, 2.75) is 37.6 Å². The van der Waals surface area contributed by atoms with Crippen molar-refractivity contribution in [1.82, 2.24) is 29.9 Å². The number of aliphatic carboxylic acids is 1. The Balaban J connectivity index is 1.42. The number of hydrogen-bond acceptors (Lipinski definition) is 9. The number of nitrogen functional groups attached to an aromatic ring is 1. The summed E-state index contributed by atoms with van der Waals surface area (Å²) in [7, 11) is 1.49. The fourth-order valence-corrected chi connectivity index (χ4v) is 4.72. The maximum Gasteiger partial charge on any atom is 0.304 e. The zero-order chi connectivity index (χ0) is 26.0. The Hall–Kier alpha value is -4.85. The third kappa shape index (κ3) is 4.69. The maximum atomic E-state index is 11.4. The lowest BCUT2D eigenvalue weighted by molar-refractivity contribution is -0.139. The molecule has 0 bridgehead atoms. The van der Waals surface area contributed by atoms with E-state index in [-0.39, 0.29) is 12.4 Å². The Labute approximate surface area is 212 Å². The molecule has 0 spiro atoms. The number of carboxylic acid groups (broad SMARTS) is 1. The van der Waals surface area contributed by atoms with Crippen LogP contribution in [-0.4, -0.2) is 48.1 Å². The normalized spacial score (nSPS) is 13.9. The molecule has 4 aromatic rings. The third-order valence-electron chi connectivity index (χ3n) is 6.63. The van der Waals surface area contributed by atoms with Crippen LogP contribution in [0.4, 0.5) is 5.95 Å². The SMILES string of the molecule is COc1c(C#N)cccc1-c1cc(-c2cn(Cc3cccc(C4(CC(=O)O)CCC4)n3)nn2)nc(N)n1. The molecule has 11 heteroatoms. The number of carbonyl (C=O) groups is 1. The van der Waals surface area contributed by atoms with Gasteiger partial charge >= 0.3 is 5.97 Å². The largest absolute Gasteiger partial charge is 0.495 e. The van der Waals surface area contributed by atoms with Crippen LogP contribution < -0.4 is 10.5 Å². The molecule has 0 atom stereocenters. The zero-order valence-corrected chi connectivity index (χ0v) is 20.1. The van der Waals surface area contributed by atoms with Crippen molar-refractivity contribution < 1.29 is 14.6 Å². The van der Waals surface area contributed by atoms with Crippen molar-refractivity contribution in [3.8, 4) is 34.5 Å². The first-order valence-electron chi connectivity index (χ1n) is 11.7. The van der Waals surface area contributed by atoms with E-state index < -0.39 is 11.4 Å². The minimum Gasteiger partial charge on any atom is -0.495 e. The van der Waals surface area contributed by atoms with Gasteiger partial charge in [-0.2, -0.15) is 5.26 Å². The number of anilines is 1. The molecule has 0 radical (unpaired) electrons. The molecular formula is C26H24N8O3. The number of carboxylic acids is 1. The summed E-state index contributed by atoms with van der Waals surface area (Å²) in [5.74, 6) is -0.367. The molecule has 0 saturated heterocycles. The second-order valence-electron chi connectivity index (χ2n) is 9.01. The molecule has 5 rings (SSSR count). The van der Waals surface area contributed by atoms with Crippen LogP contribution in [0.5, 0.6) is 5.75 Å². The van der Waals surface area contributed by atoms with Gasteiger partial charge in [0.05, 0.1) is 48.9 Å². The van der Waals surface area contributed by atoms with Gasteiger partial charge in [0.1, 0.15) is 17.5 Å². The van der Waals surface area contributed by atoms with Crippen molar-refractivity contribution in [3.05, 3.63) is 65.6 Å². The number of hydrogen-bond donors (Lipinski definition) is 2. The third-order valence-corrected chi connectivity index (χ3v) is 6.63. The smallest absolute Gasteiger partial charge is 0.304 e. The quantitative estimate of drug-likeness (QED) is 0.370. The molecule has 1 saturated carbocycles. The zero-order valence-electron chi connectivity index (χ0n) is 20.1. The minimum atomic E-state index is -0.812. The molecule has 37 heavy (non-hydrogen) atoms. The van der Waals surface area contributed by atoms with E-state index in [1.807, 2.05) is 18.2 Å². The van der Waals surface area contributed by atoms with E-state index in [4.69, 9.17) is 15.5 Å². The summed E-state index contributed by atoms with van der Waals surface area (Å²) < 4.78 is 7.09. The summed E-state index contributed by atoms with van der Waals surface area (Å²) in [6.07, 6.45) is 4.46. The van der Waals surface area contributed by atoms with Gasteiger partial charge in [0.25, 0.3) is 0 Å². The molecule has 186 valence electrons. The van der Waals surface area contributed by atoms with E-state index in [1.54, 1.807) is 35.1 Å². The number of aromatic nitrogens is 6. The van der Waals surface area contributed by atoms with Gasteiger partial charge < -0.3 is 15.6 Å². The summed E-state index contributed by atoms with van der Waals surface area (Å²) >= 11 is 0. The number of nitriles is 1. The van der Waals surface area contributed by atoms with E-state index in [1.165, 1.54) is 7.11 Å². The lowest BCUT2D eigenvalue weighted by Crippen LogP contribution is -2.37. The summed E-state index contributed by atoms with van der Waals surface area (Å²) in [4.78, 5) is 24.8. The predicted molar refractivity (Wildman–Crippen MR) is 133 cm³/mol. The lowest BCUT2D eigenvalue weighted by Gasteiger charge is -2.40. The number of pyridine rings is 1. The van der Waals surface area contributed by atoms with Gasteiger partial charge in [-0.05, 0) is 43.2 Å². The highest BCUT2D eigenvalue weighted by Crippen LogP contribution is 2.45. The van der Waals surface area contributed by atoms with Gasteiger partial charge in [-0.1, -0.05) is 23.8 Å². The molecule has 1 aliphatic carbocycles. The highest BCUT2D eigenvalue weighted by molar-refractivity contribution is 5.74. The Morgan fingerprint density at radius 2 is 1.95 bits per heavy atom. The molecule has 0 amide bonds. The monoisotopic (exact) mass is 496 g/mol. The Morgan fingerprint density at radius 1 is 1.16 bits per heavy atom. The van der Waals surface area contributed by atoms with E-state index in [0.717, 1.165) is 30.7 Å². The predicted octanol–water partition coefficient (Wildman–Crippen LogP) is 3.20. The Bertz CT molecular complexity index is 1520. The van der Waals surface area contributed by atoms with E-state index >= 15 is 0 Å². The molecule has 3 N–H and O–H groups in total. The fourth-order valence-electron chi connectivity index (χ4n) is 4.72. The molecule has 1 aromatic carbocycles. The summed E-state index contributed by atoms with van der Waals surface area (Å²) in [5, 5.41) is 27.2. The Kier molecular flexibility index (Phi) is 6.23. The van der Waals surface area contributed by atoms with Gasteiger partial charge in [0.15, 0.2) is 0 Å². The van der Waals surface area contributed by atoms with Crippen LogP contribution in [0.15, 0.2) is 48.7 Å². The number of benzene rings is 1. The van der Waals surface area contributed by atoms with Crippen LogP contribution in [0.2, 0.25) is 0 Å². The number of nitrogens with zero attached hydrogens (tertiary/aromatic N) is 7. The number of methoxy groups -OCH3 is 1. The Morgan fingerprint density at radius 3 is 2.65 bits per heavy atom. The molecule has 3 heterocycles. The fraction of sp³-hybridized carbons (Fsp3) is 0.269. The molecule has 0 aliphatic heterocycles. The summed E-state index contributed by atoms with van der Waals surface area (Å²) in [5.41, 5.74) is 9.61. The minimum absolute atomic E-state index is 0.0464. The van der Waals surface area contributed by atoms with Crippen molar-refractivity contribution in [2.24, 2.45) is 0 Å². The molecule has 0 unspecified atom stereocenters. The standard InChI is InChI=1S/C26H24N8O3/c1-37-24-16(13-27)5-2-7-18(24)19-11-20(31-25(28)30-19)21-15-34(33-32-21)14-17-6-3-8-22(29-17)26(9-4-10-26)12-23(35)36/h2-3,5-8,11,15H,4,9-10,12,14H2,1H3,(H,35,36)(H2,28,30,31). The lowest BCUT2D eigenvalue weighted by atomic mass is 9.64. The first-order valence-corrected chi connectivity index (χ1v) is 11.7. The molecule has 11 nitrogen and oxygen atoms in total. The van der Waals surface area contributed by atoms with Crippen LogP contribution in [0, 0.1) is 11.3 Å². The first-order chi connectivity index (χ1) is 17.9. The first kappa shape index (κ1) is 23.9. The van der Waals surface area contributed by atoms with Crippen molar-refractivity contribution in [1.29, 1.82) is 5.26 Å².